The number of carbonyl (C=O) groups excluding carboxylic acids is 1. The molecule has 0 spiro atoms. The molecule has 0 atom stereocenters. The van der Waals surface area contributed by atoms with Crippen LogP contribution in [0.2, 0.25) is 0 Å². The molecule has 29 heavy (non-hydrogen) atoms. The molecule has 1 heterocycles. The van der Waals surface area contributed by atoms with Crippen molar-refractivity contribution in [1.29, 1.82) is 0 Å². The molecular formula is C20H23BrN2O5S. The fraction of sp³-hybridized carbons (Fsp3) is 0.350. The number of nitrogens with one attached hydrogen (secondary N) is 1. The third-order valence-corrected chi connectivity index (χ3v) is 6.31. The maximum Gasteiger partial charge on any atom is 0.264 e. The predicted octanol–water partition coefficient (Wildman–Crippen LogP) is 3.96. The normalized spacial score (nSPS) is 13.2. The molecular weight excluding hydrogens is 460 g/mol. The van der Waals surface area contributed by atoms with E-state index in [2.05, 4.69) is 20.7 Å². The van der Waals surface area contributed by atoms with Gasteiger partial charge in [-0.3, -0.25) is 9.52 Å². The van der Waals surface area contributed by atoms with Crippen LogP contribution in [-0.2, 0) is 21.2 Å². The summed E-state index contributed by atoms with van der Waals surface area (Å²) in [6.07, 6.45) is 0.598. The topological polar surface area (TPSA) is 84.9 Å². The van der Waals surface area contributed by atoms with Crippen molar-refractivity contribution in [1.82, 2.24) is 0 Å². The van der Waals surface area contributed by atoms with Crippen LogP contribution in [0.15, 0.2) is 39.7 Å². The molecule has 0 unspecified atom stereocenters. The Labute approximate surface area is 179 Å². The van der Waals surface area contributed by atoms with E-state index in [9.17, 15) is 13.2 Å². The van der Waals surface area contributed by atoms with E-state index in [1.54, 1.807) is 18.2 Å². The summed E-state index contributed by atoms with van der Waals surface area (Å²) in [6, 6.07) is 8.33. The second kappa shape index (κ2) is 8.62. The van der Waals surface area contributed by atoms with Crippen molar-refractivity contribution in [2.75, 3.05) is 29.4 Å². The van der Waals surface area contributed by atoms with Crippen molar-refractivity contribution in [2.24, 2.45) is 0 Å². The molecule has 3 rings (SSSR count). The van der Waals surface area contributed by atoms with Crippen molar-refractivity contribution >= 4 is 43.2 Å². The highest BCUT2D eigenvalue weighted by atomic mass is 79.9. The second-order valence-corrected chi connectivity index (χ2v) is 9.03. The Morgan fingerprint density at radius 1 is 1.17 bits per heavy atom. The number of anilines is 2. The molecule has 0 bridgehead atoms. The van der Waals surface area contributed by atoms with Crippen LogP contribution in [0.25, 0.3) is 0 Å². The Hall–Kier alpha value is -2.26. The summed E-state index contributed by atoms with van der Waals surface area (Å²) in [4.78, 5) is 13.6. The van der Waals surface area contributed by atoms with Gasteiger partial charge in [-0.05, 0) is 50.1 Å². The standard InChI is InChI=1S/C20H23BrN2O5S/c1-4-27-16-6-7-18(28-5-2)17(12-16)22-29(25,26)19-11-15(21)10-14-8-9-23(13(3)24)20(14)19/h6-7,10-12,22H,4-5,8-9H2,1-3H3. The lowest BCUT2D eigenvalue weighted by Gasteiger charge is -2.20. The van der Waals surface area contributed by atoms with E-state index >= 15 is 0 Å². The summed E-state index contributed by atoms with van der Waals surface area (Å²) in [5.74, 6) is 0.726. The van der Waals surface area contributed by atoms with Gasteiger partial charge in [-0.15, -0.1) is 0 Å². The maximum atomic E-state index is 13.3. The first-order valence-electron chi connectivity index (χ1n) is 9.29. The number of halogens is 1. The van der Waals surface area contributed by atoms with E-state index in [1.807, 2.05) is 19.9 Å². The predicted molar refractivity (Wildman–Crippen MR) is 115 cm³/mol. The number of carbonyl (C=O) groups is 1. The number of benzene rings is 2. The van der Waals surface area contributed by atoms with Crippen LogP contribution in [0.1, 0.15) is 26.3 Å². The van der Waals surface area contributed by atoms with E-state index in [4.69, 9.17) is 9.47 Å². The number of nitrogens with zero attached hydrogens (tertiary/aromatic N) is 1. The maximum absolute atomic E-state index is 13.3. The highest BCUT2D eigenvalue weighted by molar-refractivity contribution is 9.10. The first kappa shape index (κ1) is 21.4. The van der Waals surface area contributed by atoms with Crippen molar-refractivity contribution in [3.8, 4) is 11.5 Å². The Kier molecular flexibility index (Phi) is 6.38. The quantitative estimate of drug-likeness (QED) is 0.645. The van der Waals surface area contributed by atoms with Crippen molar-refractivity contribution in [3.63, 3.8) is 0 Å². The van der Waals surface area contributed by atoms with Crippen LogP contribution >= 0.6 is 15.9 Å². The first-order chi connectivity index (χ1) is 13.8. The Bertz CT molecular complexity index is 1040. The molecule has 7 nitrogen and oxygen atoms in total. The summed E-state index contributed by atoms with van der Waals surface area (Å²) in [6.45, 7) is 6.38. The molecule has 2 aromatic rings. The smallest absolute Gasteiger partial charge is 0.264 e. The van der Waals surface area contributed by atoms with Gasteiger partial charge in [-0.2, -0.15) is 0 Å². The molecule has 0 saturated heterocycles. The molecule has 0 radical (unpaired) electrons. The van der Waals surface area contributed by atoms with Gasteiger partial charge in [0, 0.05) is 24.0 Å². The summed E-state index contributed by atoms with van der Waals surface area (Å²) in [5.41, 5.74) is 1.51. The van der Waals surface area contributed by atoms with Gasteiger partial charge < -0.3 is 14.4 Å². The zero-order chi connectivity index (χ0) is 21.2. The number of ether oxygens (including phenoxy) is 2. The van der Waals surface area contributed by atoms with Gasteiger partial charge in [0.15, 0.2) is 0 Å². The molecule has 0 saturated carbocycles. The molecule has 1 aliphatic heterocycles. The van der Waals surface area contributed by atoms with E-state index in [0.29, 0.717) is 47.8 Å². The Morgan fingerprint density at radius 2 is 1.90 bits per heavy atom. The van der Waals surface area contributed by atoms with Gasteiger partial charge in [0.2, 0.25) is 5.91 Å². The lowest BCUT2D eigenvalue weighted by atomic mass is 10.2. The number of amides is 1. The van der Waals surface area contributed by atoms with Crippen LogP contribution in [0.3, 0.4) is 0 Å². The Morgan fingerprint density at radius 3 is 2.55 bits per heavy atom. The van der Waals surface area contributed by atoms with Gasteiger partial charge in [0.1, 0.15) is 16.4 Å². The molecule has 1 amide bonds. The van der Waals surface area contributed by atoms with E-state index in [1.165, 1.54) is 17.9 Å². The van der Waals surface area contributed by atoms with Gasteiger partial charge in [0.05, 0.1) is 24.6 Å². The average Bonchev–Trinajstić information content (AvgIpc) is 3.07. The molecule has 0 fully saturated rings. The fourth-order valence-corrected chi connectivity index (χ4v) is 5.31. The lowest BCUT2D eigenvalue weighted by molar-refractivity contribution is -0.116. The monoisotopic (exact) mass is 482 g/mol. The minimum atomic E-state index is -4.01. The minimum Gasteiger partial charge on any atom is -0.494 e. The molecule has 1 N–H and O–H groups in total. The summed E-state index contributed by atoms with van der Waals surface area (Å²) < 4.78 is 41.0. The van der Waals surface area contributed by atoms with E-state index < -0.39 is 10.0 Å². The average molecular weight is 483 g/mol. The molecule has 0 aromatic heterocycles. The van der Waals surface area contributed by atoms with Gasteiger partial charge in [-0.25, -0.2) is 8.42 Å². The van der Waals surface area contributed by atoms with Crippen LogP contribution in [0.4, 0.5) is 11.4 Å². The van der Waals surface area contributed by atoms with Crippen LogP contribution in [0.5, 0.6) is 11.5 Å². The molecule has 9 heteroatoms. The summed E-state index contributed by atoms with van der Waals surface area (Å²) in [7, 11) is -4.01. The van der Waals surface area contributed by atoms with Gasteiger partial charge >= 0.3 is 0 Å². The zero-order valence-corrected chi connectivity index (χ0v) is 18.9. The fourth-order valence-electron chi connectivity index (χ4n) is 3.32. The van der Waals surface area contributed by atoms with Crippen LogP contribution in [0, 0.1) is 0 Å². The molecule has 2 aromatic carbocycles. The van der Waals surface area contributed by atoms with Crippen LogP contribution in [-0.4, -0.2) is 34.1 Å². The summed E-state index contributed by atoms with van der Waals surface area (Å²) in [5, 5.41) is 0. The number of hydrogen-bond donors (Lipinski definition) is 1. The highest BCUT2D eigenvalue weighted by Gasteiger charge is 2.32. The number of hydrogen-bond acceptors (Lipinski definition) is 5. The Balaban J connectivity index is 2.08. The second-order valence-electron chi connectivity index (χ2n) is 6.46. The number of fused-ring (bicyclic) bond motifs is 1. The minimum absolute atomic E-state index is 0.0406. The lowest BCUT2D eigenvalue weighted by Crippen LogP contribution is -2.28. The third kappa shape index (κ3) is 4.51. The van der Waals surface area contributed by atoms with Crippen molar-refractivity contribution in [2.45, 2.75) is 32.1 Å². The molecule has 0 aliphatic carbocycles. The van der Waals surface area contributed by atoms with Crippen molar-refractivity contribution in [3.05, 3.63) is 40.4 Å². The van der Waals surface area contributed by atoms with Gasteiger partial charge in [0.25, 0.3) is 10.0 Å². The molecule has 156 valence electrons. The van der Waals surface area contributed by atoms with Crippen molar-refractivity contribution < 1.29 is 22.7 Å². The third-order valence-electron chi connectivity index (χ3n) is 4.47. The first-order valence-corrected chi connectivity index (χ1v) is 11.6. The number of sulfonamides is 1. The van der Waals surface area contributed by atoms with Gasteiger partial charge in [-0.1, -0.05) is 15.9 Å². The van der Waals surface area contributed by atoms with Crippen LogP contribution < -0.4 is 19.1 Å². The summed E-state index contributed by atoms with van der Waals surface area (Å²) >= 11 is 3.38. The van der Waals surface area contributed by atoms with E-state index in [-0.39, 0.29) is 16.5 Å². The zero-order valence-electron chi connectivity index (χ0n) is 16.5. The van der Waals surface area contributed by atoms with E-state index in [0.717, 1.165) is 5.56 Å². The molecule has 1 aliphatic rings. The largest absolute Gasteiger partial charge is 0.494 e. The SMILES string of the molecule is CCOc1ccc(OCC)c(NS(=O)(=O)c2cc(Br)cc3c2N(C(C)=O)CC3)c1. The number of rotatable bonds is 7. The highest BCUT2D eigenvalue weighted by Crippen LogP contribution is 2.39.